The highest BCUT2D eigenvalue weighted by Crippen LogP contribution is 2.33. The zero-order chi connectivity index (χ0) is 16.8. The summed E-state index contributed by atoms with van der Waals surface area (Å²) in [5.41, 5.74) is 8.93. The van der Waals surface area contributed by atoms with E-state index in [1.807, 2.05) is 12.1 Å². The number of aromatic hydroxyl groups is 1. The number of carbonyl (C=O) groups excluding carboxylic acids is 1. The van der Waals surface area contributed by atoms with Crippen molar-refractivity contribution in [1.29, 1.82) is 0 Å². The van der Waals surface area contributed by atoms with E-state index >= 15 is 0 Å². The number of rotatable bonds is 5. The van der Waals surface area contributed by atoms with Gasteiger partial charge in [-0.2, -0.15) is 0 Å². The third kappa shape index (κ3) is 4.06. The Kier molecular flexibility index (Phi) is 5.30. The predicted octanol–water partition coefficient (Wildman–Crippen LogP) is 4.08. The molecule has 2 rings (SSSR count). The van der Waals surface area contributed by atoms with Gasteiger partial charge in [-0.15, -0.1) is 0 Å². The number of ether oxygens (including phenoxy) is 2. The van der Waals surface area contributed by atoms with Crippen molar-refractivity contribution in [3.63, 3.8) is 0 Å². The first-order valence-electron chi connectivity index (χ1n) is 6.43. The average Bonchev–Trinajstić information content (AvgIpc) is 2.56. The van der Waals surface area contributed by atoms with Crippen LogP contribution in [0.2, 0.25) is 5.02 Å². The Morgan fingerprint density at radius 1 is 1.35 bits per heavy atom. The number of phenolic OH excluding ortho intramolecular Hbond substituents is 1. The van der Waals surface area contributed by atoms with Gasteiger partial charge in [0.2, 0.25) is 0 Å². The summed E-state index contributed by atoms with van der Waals surface area (Å²) in [5, 5.41) is 12.8. The van der Waals surface area contributed by atoms with Crippen LogP contribution in [0.5, 0.6) is 17.2 Å². The number of azide groups is 1. The van der Waals surface area contributed by atoms with E-state index in [4.69, 9.17) is 26.6 Å². The van der Waals surface area contributed by atoms with Gasteiger partial charge in [0.05, 0.1) is 17.7 Å². The van der Waals surface area contributed by atoms with Crippen LogP contribution in [0.15, 0.2) is 41.5 Å². The molecule has 118 valence electrons. The molecule has 0 fully saturated rings. The van der Waals surface area contributed by atoms with Gasteiger partial charge in [0, 0.05) is 11.0 Å². The molecule has 0 aliphatic heterocycles. The van der Waals surface area contributed by atoms with E-state index in [0.717, 1.165) is 11.3 Å². The number of amides is 1. The molecule has 0 bridgehead atoms. The summed E-state index contributed by atoms with van der Waals surface area (Å²) in [6, 6.07) is 9.63. The zero-order valence-electron chi connectivity index (χ0n) is 12.1. The summed E-state index contributed by atoms with van der Waals surface area (Å²) in [6.45, 7) is 0.215. The predicted molar refractivity (Wildman–Crippen MR) is 83.9 cm³/mol. The Morgan fingerprint density at radius 3 is 2.65 bits per heavy atom. The molecule has 0 spiro atoms. The molecule has 0 atom stereocenters. The van der Waals surface area contributed by atoms with Crippen LogP contribution < -0.4 is 9.47 Å². The molecule has 2 aromatic carbocycles. The maximum absolute atomic E-state index is 11.5. The fraction of sp³-hybridized carbons (Fsp3) is 0.133. The highest BCUT2D eigenvalue weighted by Gasteiger charge is 2.14. The molecule has 7 nitrogen and oxygen atoms in total. The molecule has 0 radical (unpaired) electrons. The largest absolute Gasteiger partial charge is 0.507 e. The van der Waals surface area contributed by atoms with Gasteiger partial charge in [0.25, 0.3) is 5.91 Å². The zero-order valence-corrected chi connectivity index (χ0v) is 12.8. The number of carbonyl (C=O) groups is 1. The van der Waals surface area contributed by atoms with Gasteiger partial charge in [0.1, 0.15) is 23.9 Å². The number of hydrogen-bond donors (Lipinski definition) is 1. The van der Waals surface area contributed by atoms with Crippen LogP contribution in [-0.2, 0) is 6.61 Å². The lowest BCUT2D eigenvalue weighted by molar-refractivity contribution is 0.0997. The number of benzene rings is 2. The van der Waals surface area contributed by atoms with Crippen molar-refractivity contribution in [2.24, 2.45) is 5.11 Å². The standard InChI is InChI=1S/C15H12ClN3O4/c1-22-10-4-2-9(3-5-10)8-23-14-7-13(20)11(6-12(14)16)15(21)18-19-17/h2-7,20H,8H2,1H3. The molecule has 23 heavy (non-hydrogen) atoms. The molecular weight excluding hydrogens is 322 g/mol. The number of hydrogen-bond acceptors (Lipinski definition) is 4. The van der Waals surface area contributed by atoms with Gasteiger partial charge in [-0.25, -0.2) is 0 Å². The molecule has 1 N–H and O–H groups in total. The lowest BCUT2D eigenvalue weighted by Crippen LogP contribution is -1.99. The summed E-state index contributed by atoms with van der Waals surface area (Å²) in [5.74, 6) is -0.368. The van der Waals surface area contributed by atoms with Crippen LogP contribution in [0, 0.1) is 0 Å². The minimum Gasteiger partial charge on any atom is -0.507 e. The van der Waals surface area contributed by atoms with Gasteiger partial charge in [0.15, 0.2) is 0 Å². The van der Waals surface area contributed by atoms with E-state index in [9.17, 15) is 9.90 Å². The second-order valence-corrected chi connectivity index (χ2v) is 4.84. The Hall–Kier alpha value is -2.89. The summed E-state index contributed by atoms with van der Waals surface area (Å²) in [7, 11) is 1.58. The fourth-order valence-corrected chi connectivity index (χ4v) is 2.02. The van der Waals surface area contributed by atoms with Crippen molar-refractivity contribution in [2.45, 2.75) is 6.61 Å². The third-order valence-electron chi connectivity index (χ3n) is 2.97. The Labute approximate surface area is 136 Å². The quantitative estimate of drug-likeness (QED) is 0.505. The Morgan fingerprint density at radius 2 is 2.04 bits per heavy atom. The lowest BCUT2D eigenvalue weighted by Gasteiger charge is -2.10. The summed E-state index contributed by atoms with van der Waals surface area (Å²) >= 11 is 6.02. The van der Waals surface area contributed by atoms with E-state index in [1.165, 1.54) is 12.1 Å². The molecule has 0 aliphatic carbocycles. The molecule has 0 saturated heterocycles. The topological polar surface area (TPSA) is 105 Å². The van der Waals surface area contributed by atoms with Crippen molar-refractivity contribution in [1.82, 2.24) is 0 Å². The van der Waals surface area contributed by atoms with Gasteiger partial charge in [-0.1, -0.05) is 23.7 Å². The van der Waals surface area contributed by atoms with Crippen molar-refractivity contribution in [2.75, 3.05) is 7.11 Å². The van der Waals surface area contributed by atoms with Gasteiger partial charge in [-0.3, -0.25) is 4.79 Å². The molecule has 0 aromatic heterocycles. The summed E-state index contributed by atoms with van der Waals surface area (Å²) < 4.78 is 10.6. The second-order valence-electron chi connectivity index (χ2n) is 4.43. The maximum atomic E-state index is 11.5. The van der Waals surface area contributed by atoms with Crippen LogP contribution in [0.4, 0.5) is 0 Å². The van der Waals surface area contributed by atoms with E-state index in [0.29, 0.717) is 0 Å². The van der Waals surface area contributed by atoms with Crippen molar-refractivity contribution < 1.29 is 19.4 Å². The van der Waals surface area contributed by atoms with E-state index in [2.05, 4.69) is 10.0 Å². The SMILES string of the molecule is COc1ccc(COc2cc(O)c(C(=O)N=[N+]=[N-])cc2Cl)cc1. The highest BCUT2D eigenvalue weighted by molar-refractivity contribution is 6.32. The number of nitrogens with zero attached hydrogens (tertiary/aromatic N) is 3. The summed E-state index contributed by atoms with van der Waals surface area (Å²) in [4.78, 5) is 13.9. The highest BCUT2D eigenvalue weighted by atomic mass is 35.5. The fourth-order valence-electron chi connectivity index (χ4n) is 1.80. The first-order chi connectivity index (χ1) is 11.0. The second kappa shape index (κ2) is 7.40. The van der Waals surface area contributed by atoms with Crippen molar-refractivity contribution in [3.05, 3.63) is 63.0 Å². The lowest BCUT2D eigenvalue weighted by atomic mass is 10.2. The minimum atomic E-state index is -0.923. The molecule has 0 aliphatic rings. The van der Waals surface area contributed by atoms with Crippen LogP contribution in [0.1, 0.15) is 15.9 Å². The van der Waals surface area contributed by atoms with E-state index < -0.39 is 5.91 Å². The van der Waals surface area contributed by atoms with Crippen molar-refractivity contribution in [3.8, 4) is 17.2 Å². The normalized spacial score (nSPS) is 9.83. The van der Waals surface area contributed by atoms with Crippen LogP contribution >= 0.6 is 11.6 Å². The smallest absolute Gasteiger partial charge is 0.252 e. The first kappa shape index (κ1) is 16.5. The molecule has 1 amide bonds. The average molecular weight is 334 g/mol. The number of halogens is 1. The van der Waals surface area contributed by atoms with Crippen LogP contribution in [-0.4, -0.2) is 18.1 Å². The molecular formula is C15H12ClN3O4. The maximum Gasteiger partial charge on any atom is 0.252 e. The van der Waals surface area contributed by atoms with Crippen molar-refractivity contribution >= 4 is 17.5 Å². The van der Waals surface area contributed by atoms with Gasteiger partial charge in [-0.05, 0) is 34.4 Å². The molecule has 0 unspecified atom stereocenters. The molecule has 2 aromatic rings. The Balaban J connectivity index is 2.15. The van der Waals surface area contributed by atoms with Gasteiger partial charge < -0.3 is 14.6 Å². The number of methoxy groups -OCH3 is 1. The van der Waals surface area contributed by atoms with E-state index in [1.54, 1.807) is 19.2 Å². The molecule has 0 saturated carbocycles. The summed E-state index contributed by atoms with van der Waals surface area (Å²) in [6.07, 6.45) is 0. The first-order valence-corrected chi connectivity index (χ1v) is 6.80. The van der Waals surface area contributed by atoms with Crippen LogP contribution in [0.25, 0.3) is 10.4 Å². The third-order valence-corrected chi connectivity index (χ3v) is 3.26. The Bertz CT molecular complexity index is 771. The molecule has 0 heterocycles. The van der Waals surface area contributed by atoms with Gasteiger partial charge >= 0.3 is 0 Å². The van der Waals surface area contributed by atoms with Crippen LogP contribution in [0.3, 0.4) is 0 Å². The number of phenols is 1. The monoisotopic (exact) mass is 333 g/mol. The minimum absolute atomic E-state index is 0.118. The molecule has 8 heteroatoms. The van der Waals surface area contributed by atoms with E-state index in [-0.39, 0.29) is 28.7 Å².